The fraction of sp³-hybridized carbons (Fsp3) is 0.222. The van der Waals surface area contributed by atoms with Crippen molar-refractivity contribution in [3.05, 3.63) is 52.5 Å². The van der Waals surface area contributed by atoms with Crippen molar-refractivity contribution >= 4 is 44.9 Å². The van der Waals surface area contributed by atoms with Gasteiger partial charge in [0.25, 0.3) is 10.0 Å². The highest BCUT2D eigenvalue weighted by Gasteiger charge is 2.24. The summed E-state index contributed by atoms with van der Waals surface area (Å²) in [6.07, 6.45) is 1.21. The van der Waals surface area contributed by atoms with Gasteiger partial charge in [-0.15, -0.1) is 0 Å². The maximum Gasteiger partial charge on any atom is 0.335 e. The standard InChI is InChI=1S/C18H17ClN2O5S/c1-11-4-5-12(18(23)24)9-16(11)27(25,26)20-13-6-7-15(14(19)10-13)21-8-2-3-17(21)22/h4-7,9-10,20H,2-3,8H2,1H3,(H,23,24). The van der Waals surface area contributed by atoms with Crippen LogP contribution in [0.3, 0.4) is 0 Å². The van der Waals surface area contributed by atoms with E-state index in [2.05, 4.69) is 4.72 Å². The number of carbonyl (C=O) groups excluding carboxylic acids is 1. The van der Waals surface area contributed by atoms with Gasteiger partial charge in [0.05, 0.1) is 26.9 Å². The lowest BCUT2D eigenvalue weighted by molar-refractivity contribution is -0.117. The van der Waals surface area contributed by atoms with Crippen LogP contribution in [0.4, 0.5) is 11.4 Å². The Morgan fingerprint density at radius 3 is 2.56 bits per heavy atom. The Balaban J connectivity index is 1.90. The summed E-state index contributed by atoms with van der Waals surface area (Å²) in [7, 11) is -4.01. The van der Waals surface area contributed by atoms with Crippen molar-refractivity contribution in [2.24, 2.45) is 0 Å². The van der Waals surface area contributed by atoms with E-state index in [4.69, 9.17) is 16.7 Å². The molecule has 2 aromatic carbocycles. The lowest BCUT2D eigenvalue weighted by Crippen LogP contribution is -2.24. The number of halogens is 1. The molecule has 2 aromatic rings. The summed E-state index contributed by atoms with van der Waals surface area (Å²) >= 11 is 6.24. The predicted molar refractivity (Wildman–Crippen MR) is 102 cm³/mol. The highest BCUT2D eigenvalue weighted by atomic mass is 35.5. The summed E-state index contributed by atoms with van der Waals surface area (Å²) in [5.74, 6) is -1.24. The minimum Gasteiger partial charge on any atom is -0.478 e. The summed E-state index contributed by atoms with van der Waals surface area (Å²) < 4.78 is 27.8. The van der Waals surface area contributed by atoms with Crippen LogP contribution in [0.5, 0.6) is 0 Å². The topological polar surface area (TPSA) is 104 Å². The second kappa shape index (κ2) is 7.21. The molecule has 27 heavy (non-hydrogen) atoms. The van der Waals surface area contributed by atoms with Crippen LogP contribution in [-0.2, 0) is 14.8 Å². The Labute approximate surface area is 161 Å². The molecule has 1 fully saturated rings. The van der Waals surface area contributed by atoms with E-state index < -0.39 is 16.0 Å². The molecule has 2 N–H and O–H groups in total. The minimum atomic E-state index is -4.01. The predicted octanol–water partition coefficient (Wildman–Crippen LogP) is 3.27. The lowest BCUT2D eigenvalue weighted by Gasteiger charge is -2.18. The average molecular weight is 409 g/mol. The summed E-state index contributed by atoms with van der Waals surface area (Å²) in [5.41, 5.74) is 1.04. The Morgan fingerprint density at radius 2 is 1.96 bits per heavy atom. The fourth-order valence-electron chi connectivity index (χ4n) is 2.92. The molecule has 0 radical (unpaired) electrons. The maximum absolute atomic E-state index is 12.7. The van der Waals surface area contributed by atoms with Crippen molar-refractivity contribution in [2.75, 3.05) is 16.2 Å². The van der Waals surface area contributed by atoms with Crippen molar-refractivity contribution in [2.45, 2.75) is 24.7 Å². The van der Waals surface area contributed by atoms with E-state index in [1.54, 1.807) is 17.9 Å². The second-order valence-electron chi connectivity index (χ2n) is 6.21. The van der Waals surface area contributed by atoms with Gasteiger partial charge in [0.15, 0.2) is 0 Å². The zero-order valence-electron chi connectivity index (χ0n) is 14.4. The SMILES string of the molecule is Cc1ccc(C(=O)O)cc1S(=O)(=O)Nc1ccc(N2CCCC2=O)c(Cl)c1. The molecule has 1 amide bonds. The molecular weight excluding hydrogens is 392 g/mol. The number of aryl methyl sites for hydroxylation is 1. The van der Waals surface area contributed by atoms with Crippen LogP contribution in [0.1, 0.15) is 28.8 Å². The largest absolute Gasteiger partial charge is 0.478 e. The van der Waals surface area contributed by atoms with Crippen LogP contribution in [0.25, 0.3) is 0 Å². The lowest BCUT2D eigenvalue weighted by atomic mass is 10.1. The number of carbonyl (C=O) groups is 2. The number of anilines is 2. The van der Waals surface area contributed by atoms with Gasteiger partial charge in [-0.05, 0) is 49.2 Å². The molecule has 1 heterocycles. The van der Waals surface area contributed by atoms with Crippen LogP contribution in [0.2, 0.25) is 5.02 Å². The van der Waals surface area contributed by atoms with Crippen molar-refractivity contribution in [1.82, 2.24) is 0 Å². The Kier molecular flexibility index (Phi) is 5.12. The quantitative estimate of drug-likeness (QED) is 0.790. The number of benzene rings is 2. The third-order valence-electron chi connectivity index (χ3n) is 4.29. The van der Waals surface area contributed by atoms with Crippen molar-refractivity contribution in [3.8, 4) is 0 Å². The van der Waals surface area contributed by atoms with E-state index >= 15 is 0 Å². The van der Waals surface area contributed by atoms with Gasteiger partial charge >= 0.3 is 5.97 Å². The molecule has 0 unspecified atom stereocenters. The van der Waals surface area contributed by atoms with Crippen LogP contribution in [-0.4, -0.2) is 31.9 Å². The summed E-state index contributed by atoms with van der Waals surface area (Å²) in [5, 5.41) is 9.33. The highest BCUT2D eigenvalue weighted by molar-refractivity contribution is 7.92. The number of nitrogens with zero attached hydrogens (tertiary/aromatic N) is 1. The number of aromatic carboxylic acids is 1. The van der Waals surface area contributed by atoms with Crippen LogP contribution in [0, 0.1) is 6.92 Å². The Bertz CT molecular complexity index is 1040. The van der Waals surface area contributed by atoms with Crippen molar-refractivity contribution in [3.63, 3.8) is 0 Å². The van der Waals surface area contributed by atoms with E-state index in [1.165, 1.54) is 24.3 Å². The molecule has 0 spiro atoms. The molecule has 1 aliphatic heterocycles. The zero-order chi connectivity index (χ0) is 19.8. The van der Waals surface area contributed by atoms with Crippen LogP contribution in [0.15, 0.2) is 41.3 Å². The van der Waals surface area contributed by atoms with Crippen molar-refractivity contribution < 1.29 is 23.1 Å². The van der Waals surface area contributed by atoms with Gasteiger partial charge in [-0.3, -0.25) is 9.52 Å². The van der Waals surface area contributed by atoms with Gasteiger partial charge in [0, 0.05) is 13.0 Å². The first kappa shape index (κ1) is 19.2. The summed E-state index contributed by atoms with van der Waals surface area (Å²) in [6.45, 7) is 2.15. The molecule has 1 saturated heterocycles. The van der Waals surface area contributed by atoms with E-state index in [0.717, 1.165) is 12.5 Å². The second-order valence-corrected chi connectivity index (χ2v) is 8.26. The molecule has 142 valence electrons. The molecule has 3 rings (SSSR count). The normalized spacial score (nSPS) is 14.4. The molecule has 7 nitrogen and oxygen atoms in total. The third kappa shape index (κ3) is 3.91. The number of nitrogens with one attached hydrogen (secondary N) is 1. The van der Waals surface area contributed by atoms with Crippen LogP contribution >= 0.6 is 11.6 Å². The van der Waals surface area contributed by atoms with E-state index in [0.29, 0.717) is 24.2 Å². The first-order valence-electron chi connectivity index (χ1n) is 8.16. The monoisotopic (exact) mass is 408 g/mol. The number of amides is 1. The molecule has 9 heteroatoms. The van der Waals surface area contributed by atoms with Gasteiger partial charge in [0.1, 0.15) is 0 Å². The smallest absolute Gasteiger partial charge is 0.335 e. The van der Waals surface area contributed by atoms with E-state index in [1.807, 2.05) is 0 Å². The summed E-state index contributed by atoms with van der Waals surface area (Å²) in [4.78, 5) is 24.4. The molecule has 1 aliphatic rings. The average Bonchev–Trinajstić information content (AvgIpc) is 3.00. The molecule has 0 saturated carbocycles. The number of hydrogen-bond donors (Lipinski definition) is 2. The molecule has 0 aliphatic carbocycles. The van der Waals surface area contributed by atoms with Gasteiger partial charge in [0.2, 0.25) is 5.91 Å². The first-order chi connectivity index (χ1) is 12.7. The zero-order valence-corrected chi connectivity index (χ0v) is 16.0. The fourth-order valence-corrected chi connectivity index (χ4v) is 4.53. The van der Waals surface area contributed by atoms with Gasteiger partial charge < -0.3 is 10.0 Å². The van der Waals surface area contributed by atoms with Crippen molar-refractivity contribution in [1.29, 1.82) is 0 Å². The number of carboxylic acid groups (broad SMARTS) is 1. The highest BCUT2D eigenvalue weighted by Crippen LogP contribution is 2.32. The van der Waals surface area contributed by atoms with Crippen LogP contribution < -0.4 is 9.62 Å². The molecular formula is C18H17ClN2O5S. The minimum absolute atomic E-state index is 0.0219. The number of sulfonamides is 1. The summed E-state index contributed by atoms with van der Waals surface area (Å²) in [6, 6.07) is 8.42. The van der Waals surface area contributed by atoms with E-state index in [-0.39, 0.29) is 27.1 Å². The van der Waals surface area contributed by atoms with Gasteiger partial charge in [-0.1, -0.05) is 17.7 Å². The molecule has 0 aromatic heterocycles. The molecule has 0 atom stereocenters. The first-order valence-corrected chi connectivity index (χ1v) is 10.0. The number of carboxylic acids is 1. The number of hydrogen-bond acceptors (Lipinski definition) is 4. The van der Waals surface area contributed by atoms with Gasteiger partial charge in [-0.2, -0.15) is 0 Å². The van der Waals surface area contributed by atoms with Gasteiger partial charge in [-0.25, -0.2) is 13.2 Å². The maximum atomic E-state index is 12.7. The Hall–Kier alpha value is -2.58. The molecule has 0 bridgehead atoms. The van der Waals surface area contributed by atoms with E-state index in [9.17, 15) is 18.0 Å². The Morgan fingerprint density at radius 1 is 1.22 bits per heavy atom. The number of rotatable bonds is 5. The third-order valence-corrected chi connectivity index (χ3v) is 6.11.